The fraction of sp³-hybridized carbons (Fsp3) is 0.846. The molecule has 112 valence electrons. The third-order valence-electron chi connectivity index (χ3n) is 3.02. The van der Waals surface area contributed by atoms with Crippen molar-refractivity contribution in [1.82, 2.24) is 4.90 Å². The molecule has 1 aliphatic heterocycles. The first kappa shape index (κ1) is 18.7. The van der Waals surface area contributed by atoms with Gasteiger partial charge in [0.2, 0.25) is 0 Å². The Kier molecular flexibility index (Phi) is 11.3. The van der Waals surface area contributed by atoms with Crippen molar-refractivity contribution in [2.24, 2.45) is 17.4 Å². The van der Waals surface area contributed by atoms with Crippen LogP contribution >= 0.6 is 24.4 Å². The summed E-state index contributed by atoms with van der Waals surface area (Å²) in [6.07, 6.45) is 2.89. The second-order valence-corrected chi connectivity index (χ2v) is 5.90. The maximum atomic E-state index is 5.38. The highest BCUT2D eigenvalue weighted by Gasteiger charge is 2.09. The molecular formula is C13H27N3OS2. The molecule has 0 aromatic rings. The van der Waals surface area contributed by atoms with Crippen LogP contribution in [0.25, 0.3) is 0 Å². The van der Waals surface area contributed by atoms with Crippen molar-refractivity contribution in [1.29, 1.82) is 0 Å². The summed E-state index contributed by atoms with van der Waals surface area (Å²) in [4.78, 5) is 3.57. The first-order chi connectivity index (χ1) is 8.95. The van der Waals surface area contributed by atoms with E-state index in [9.17, 15) is 0 Å². The average molecular weight is 306 g/mol. The van der Waals surface area contributed by atoms with Gasteiger partial charge in [-0.1, -0.05) is 44.7 Å². The molecule has 1 fully saturated rings. The third-order valence-corrected chi connectivity index (χ3v) is 3.40. The number of hydrogen-bond acceptors (Lipinski definition) is 4. The Balaban J connectivity index is 0.000000362. The summed E-state index contributed by atoms with van der Waals surface area (Å²) in [5.74, 6) is 0.660. The van der Waals surface area contributed by atoms with Crippen LogP contribution in [0.3, 0.4) is 0 Å². The van der Waals surface area contributed by atoms with E-state index in [1.54, 1.807) is 0 Å². The number of nitrogens with two attached hydrogens (primary N) is 2. The predicted molar refractivity (Wildman–Crippen MR) is 89.5 cm³/mol. The topological polar surface area (TPSA) is 64.5 Å². The van der Waals surface area contributed by atoms with Gasteiger partial charge < -0.3 is 16.2 Å². The molecule has 1 atom stereocenters. The maximum absolute atomic E-state index is 5.38. The van der Waals surface area contributed by atoms with E-state index in [1.807, 2.05) is 0 Å². The van der Waals surface area contributed by atoms with Gasteiger partial charge in [0.1, 0.15) is 0 Å². The van der Waals surface area contributed by atoms with Crippen molar-refractivity contribution in [2.75, 3.05) is 32.8 Å². The Hall–Kier alpha value is -0.300. The van der Waals surface area contributed by atoms with Crippen molar-refractivity contribution < 1.29 is 4.74 Å². The Morgan fingerprint density at radius 2 is 1.79 bits per heavy atom. The molecule has 0 aromatic carbocycles. The Morgan fingerprint density at radius 3 is 2.16 bits per heavy atom. The zero-order valence-electron chi connectivity index (χ0n) is 12.1. The quantitative estimate of drug-likeness (QED) is 0.728. The number of thiocarbonyl (C=S) groups is 2. The summed E-state index contributed by atoms with van der Waals surface area (Å²) >= 11 is 9.50. The molecule has 6 heteroatoms. The zero-order valence-corrected chi connectivity index (χ0v) is 13.7. The minimum atomic E-state index is 0.608. The molecular weight excluding hydrogens is 278 g/mol. The minimum absolute atomic E-state index is 0.608. The molecule has 19 heavy (non-hydrogen) atoms. The molecule has 1 saturated heterocycles. The molecule has 0 aliphatic carbocycles. The van der Waals surface area contributed by atoms with Crippen molar-refractivity contribution in [3.05, 3.63) is 0 Å². The van der Waals surface area contributed by atoms with Gasteiger partial charge in [-0.2, -0.15) is 0 Å². The number of rotatable bonds is 6. The first-order valence-corrected chi connectivity index (χ1v) is 7.64. The molecule has 0 aromatic heterocycles. The molecule has 4 nitrogen and oxygen atoms in total. The SMILES string of the molecule is CCC(C)CC(N)=S.NC(=S)CCN1CCOCC1. The first-order valence-electron chi connectivity index (χ1n) is 6.82. The maximum Gasteiger partial charge on any atom is 0.0740 e. The van der Waals surface area contributed by atoms with E-state index < -0.39 is 0 Å². The molecule has 0 amide bonds. The fourth-order valence-corrected chi connectivity index (χ4v) is 1.96. The summed E-state index contributed by atoms with van der Waals surface area (Å²) in [5, 5.41) is 0. The molecule has 0 spiro atoms. The van der Waals surface area contributed by atoms with Crippen LogP contribution in [0, 0.1) is 5.92 Å². The fourth-order valence-electron chi connectivity index (χ4n) is 1.58. The summed E-state index contributed by atoms with van der Waals surface area (Å²) in [5.41, 5.74) is 10.7. The van der Waals surface area contributed by atoms with Gasteiger partial charge in [0, 0.05) is 32.5 Å². The van der Waals surface area contributed by atoms with E-state index in [-0.39, 0.29) is 0 Å². The van der Waals surface area contributed by atoms with Gasteiger partial charge in [-0.25, -0.2) is 0 Å². The lowest BCUT2D eigenvalue weighted by molar-refractivity contribution is 0.0392. The van der Waals surface area contributed by atoms with E-state index in [4.69, 9.17) is 40.6 Å². The molecule has 1 heterocycles. The second-order valence-electron chi connectivity index (χ2n) is 4.85. The number of ether oxygens (including phenoxy) is 1. The number of hydrogen-bond donors (Lipinski definition) is 2. The van der Waals surface area contributed by atoms with Gasteiger partial charge >= 0.3 is 0 Å². The Bertz CT molecular complexity index is 269. The lowest BCUT2D eigenvalue weighted by Gasteiger charge is -2.26. The summed E-state index contributed by atoms with van der Waals surface area (Å²) < 4.78 is 5.20. The van der Waals surface area contributed by atoms with Gasteiger partial charge in [-0.3, -0.25) is 4.90 Å². The monoisotopic (exact) mass is 305 g/mol. The van der Waals surface area contributed by atoms with Crippen LogP contribution in [0.2, 0.25) is 0 Å². The second kappa shape index (κ2) is 11.5. The molecule has 0 radical (unpaired) electrons. The third kappa shape index (κ3) is 12.5. The molecule has 1 unspecified atom stereocenters. The minimum Gasteiger partial charge on any atom is -0.393 e. The van der Waals surface area contributed by atoms with E-state index >= 15 is 0 Å². The van der Waals surface area contributed by atoms with E-state index in [2.05, 4.69) is 18.7 Å². The zero-order chi connectivity index (χ0) is 14.7. The van der Waals surface area contributed by atoms with Gasteiger partial charge in [-0.15, -0.1) is 0 Å². The van der Waals surface area contributed by atoms with Crippen LogP contribution in [0.5, 0.6) is 0 Å². The summed E-state index contributed by atoms with van der Waals surface area (Å²) in [6, 6.07) is 0. The van der Waals surface area contributed by atoms with E-state index in [1.165, 1.54) is 0 Å². The van der Waals surface area contributed by atoms with Crippen molar-refractivity contribution in [3.8, 4) is 0 Å². The van der Waals surface area contributed by atoms with Gasteiger partial charge in [0.05, 0.1) is 23.2 Å². The standard InChI is InChI=1S/C7H14N2OS.C6H13NS/c8-7(11)1-2-9-3-5-10-6-4-9;1-3-5(2)4-6(7)8/h1-6H2,(H2,8,11);5H,3-4H2,1-2H3,(H2,7,8). The molecule has 1 aliphatic rings. The summed E-state index contributed by atoms with van der Waals surface area (Å²) in [7, 11) is 0. The van der Waals surface area contributed by atoms with E-state index in [0.717, 1.165) is 52.1 Å². The van der Waals surface area contributed by atoms with Crippen LogP contribution in [0.1, 0.15) is 33.1 Å². The lowest BCUT2D eigenvalue weighted by Crippen LogP contribution is -2.37. The smallest absolute Gasteiger partial charge is 0.0740 e. The Labute approximate surface area is 127 Å². The molecule has 0 saturated carbocycles. The van der Waals surface area contributed by atoms with Crippen LogP contribution in [-0.2, 0) is 4.74 Å². The summed E-state index contributed by atoms with van der Waals surface area (Å²) in [6.45, 7) is 9.00. The van der Waals surface area contributed by atoms with Gasteiger partial charge in [-0.05, 0) is 5.92 Å². The van der Waals surface area contributed by atoms with Crippen molar-refractivity contribution >= 4 is 34.4 Å². The number of nitrogens with zero attached hydrogens (tertiary/aromatic N) is 1. The highest BCUT2D eigenvalue weighted by atomic mass is 32.1. The lowest BCUT2D eigenvalue weighted by atomic mass is 10.1. The van der Waals surface area contributed by atoms with Crippen LogP contribution < -0.4 is 11.5 Å². The predicted octanol–water partition coefficient (Wildman–Crippen LogP) is 1.70. The molecule has 1 rings (SSSR count). The number of morpholine rings is 1. The molecule has 4 N–H and O–H groups in total. The van der Waals surface area contributed by atoms with Gasteiger partial charge in [0.15, 0.2) is 0 Å². The highest BCUT2D eigenvalue weighted by molar-refractivity contribution is 7.80. The van der Waals surface area contributed by atoms with Crippen LogP contribution in [0.15, 0.2) is 0 Å². The van der Waals surface area contributed by atoms with Crippen LogP contribution in [0.4, 0.5) is 0 Å². The highest BCUT2D eigenvalue weighted by Crippen LogP contribution is 2.04. The normalized spacial score (nSPS) is 17.2. The van der Waals surface area contributed by atoms with Gasteiger partial charge in [0.25, 0.3) is 0 Å². The van der Waals surface area contributed by atoms with Crippen molar-refractivity contribution in [2.45, 2.75) is 33.1 Å². The van der Waals surface area contributed by atoms with Crippen molar-refractivity contribution in [3.63, 3.8) is 0 Å². The Morgan fingerprint density at radius 1 is 1.21 bits per heavy atom. The van der Waals surface area contributed by atoms with E-state index in [0.29, 0.717) is 15.9 Å². The largest absolute Gasteiger partial charge is 0.393 e. The molecule has 0 bridgehead atoms. The van der Waals surface area contributed by atoms with Crippen LogP contribution in [-0.4, -0.2) is 47.7 Å². The average Bonchev–Trinajstić information content (AvgIpc) is 2.37.